The number of allylic oxidation sites excluding steroid dienone is 1. The first-order valence-corrected chi connectivity index (χ1v) is 5.06. The van der Waals surface area contributed by atoms with Crippen LogP contribution in [0.5, 0.6) is 0 Å². The summed E-state index contributed by atoms with van der Waals surface area (Å²) in [5.41, 5.74) is 3.74. The highest BCUT2D eigenvalue weighted by atomic mass is 19.1. The van der Waals surface area contributed by atoms with Crippen molar-refractivity contribution in [2.24, 2.45) is 0 Å². The van der Waals surface area contributed by atoms with Crippen LogP contribution >= 0.6 is 0 Å². The van der Waals surface area contributed by atoms with Gasteiger partial charge >= 0.3 is 5.97 Å². The van der Waals surface area contributed by atoms with E-state index in [0.29, 0.717) is 6.42 Å². The van der Waals surface area contributed by atoms with Gasteiger partial charge < -0.3 is 10.8 Å². The second-order valence-corrected chi connectivity index (χ2v) is 3.27. The maximum atomic E-state index is 12.4. The van der Waals surface area contributed by atoms with Crippen LogP contribution in [0.15, 0.2) is 11.9 Å². The van der Waals surface area contributed by atoms with Gasteiger partial charge in [0.15, 0.2) is 0 Å². The molecular weight excluding hydrogens is 185 g/mol. The highest BCUT2D eigenvalue weighted by Crippen LogP contribution is 2.07. The number of aliphatic carboxylic acids is 1. The number of carbonyl (C=O) groups is 1. The lowest BCUT2D eigenvalue weighted by molar-refractivity contribution is -0.368. The van der Waals surface area contributed by atoms with Gasteiger partial charge in [-0.2, -0.15) is 4.39 Å². The van der Waals surface area contributed by atoms with E-state index in [-0.39, 0.29) is 0 Å². The molecule has 0 rings (SSSR count). The van der Waals surface area contributed by atoms with Gasteiger partial charge in [-0.3, -0.25) is 0 Å². The third-order valence-corrected chi connectivity index (χ3v) is 1.98. The summed E-state index contributed by atoms with van der Waals surface area (Å²) < 4.78 is 12.4. The molecule has 0 radical (unpaired) electrons. The lowest BCUT2D eigenvalue weighted by atomic mass is 10.1. The van der Waals surface area contributed by atoms with Gasteiger partial charge in [0.25, 0.3) is 0 Å². The van der Waals surface area contributed by atoms with Crippen LogP contribution in [0.25, 0.3) is 0 Å². The van der Waals surface area contributed by atoms with Crippen LogP contribution < -0.4 is 5.73 Å². The van der Waals surface area contributed by atoms with Crippen LogP contribution in [0.2, 0.25) is 0 Å². The van der Waals surface area contributed by atoms with Crippen LogP contribution in [0.4, 0.5) is 4.39 Å². The second-order valence-electron chi connectivity index (χ2n) is 3.27. The van der Waals surface area contributed by atoms with Crippen molar-refractivity contribution in [2.45, 2.75) is 38.5 Å². The molecule has 0 atom stereocenters. The number of carboxylic acid groups (broad SMARTS) is 1. The van der Waals surface area contributed by atoms with Crippen molar-refractivity contribution < 1.29 is 20.0 Å². The summed E-state index contributed by atoms with van der Waals surface area (Å²) in [5, 5.41) is 8.20. The van der Waals surface area contributed by atoms with Crippen molar-refractivity contribution in [3.63, 3.8) is 0 Å². The van der Waals surface area contributed by atoms with E-state index in [2.05, 4.69) is 5.73 Å². The minimum absolute atomic E-state index is 0.516. The van der Waals surface area contributed by atoms with Gasteiger partial charge in [-0.05, 0) is 31.8 Å². The Balaban J connectivity index is 3.29. The lowest BCUT2D eigenvalue weighted by Gasteiger charge is -1.96. The molecule has 0 saturated carbocycles. The van der Waals surface area contributed by atoms with Gasteiger partial charge in [0, 0.05) is 0 Å². The molecule has 0 aromatic carbocycles. The van der Waals surface area contributed by atoms with Crippen molar-refractivity contribution in [3.8, 4) is 0 Å². The van der Waals surface area contributed by atoms with Crippen LogP contribution in [-0.2, 0) is 4.79 Å². The normalized spacial score (nSPS) is 11.7. The van der Waals surface area contributed by atoms with E-state index in [1.165, 1.54) is 0 Å². The first-order valence-electron chi connectivity index (χ1n) is 5.06. The smallest absolute Gasteiger partial charge is 0.364 e. The molecule has 14 heavy (non-hydrogen) atoms. The summed E-state index contributed by atoms with van der Waals surface area (Å²) in [6.07, 6.45) is 6.97. The van der Waals surface area contributed by atoms with Gasteiger partial charge in [-0.15, -0.1) is 0 Å². The van der Waals surface area contributed by atoms with Gasteiger partial charge in [0.2, 0.25) is 5.83 Å². The number of carboxylic acids is 1. The second kappa shape index (κ2) is 8.69. The molecule has 0 aliphatic heterocycles. The standard InChI is InChI=1S/C10H18FNO2/c11-9(10(13)14)7-5-3-1-2-4-6-8-12/h7H,1-6,8,12H2,(H,13,14)/p+1/b9-7-. The van der Waals surface area contributed by atoms with Crippen LogP contribution in [-0.4, -0.2) is 17.6 Å². The maximum absolute atomic E-state index is 12.4. The fraction of sp³-hybridized carbons (Fsp3) is 0.700. The van der Waals surface area contributed by atoms with Gasteiger partial charge in [0.1, 0.15) is 0 Å². The molecule has 0 aromatic rings. The van der Waals surface area contributed by atoms with E-state index < -0.39 is 11.8 Å². The topological polar surface area (TPSA) is 64.9 Å². The quantitative estimate of drug-likeness (QED) is 0.465. The Hall–Kier alpha value is -0.900. The monoisotopic (exact) mass is 204 g/mol. The zero-order chi connectivity index (χ0) is 10.8. The van der Waals surface area contributed by atoms with Crippen LogP contribution in [0.1, 0.15) is 38.5 Å². The third-order valence-electron chi connectivity index (χ3n) is 1.98. The fourth-order valence-corrected chi connectivity index (χ4v) is 1.17. The zero-order valence-corrected chi connectivity index (χ0v) is 8.47. The summed E-state index contributed by atoms with van der Waals surface area (Å²) in [6.45, 7) is 0.966. The van der Waals surface area contributed by atoms with Crippen molar-refractivity contribution in [1.82, 2.24) is 0 Å². The van der Waals surface area contributed by atoms with Gasteiger partial charge in [-0.25, -0.2) is 4.79 Å². The van der Waals surface area contributed by atoms with Gasteiger partial charge in [-0.1, -0.05) is 12.8 Å². The Bertz CT molecular complexity index is 193. The van der Waals surface area contributed by atoms with Crippen molar-refractivity contribution in [1.29, 1.82) is 0 Å². The number of rotatable bonds is 8. The zero-order valence-electron chi connectivity index (χ0n) is 8.47. The summed E-state index contributed by atoms with van der Waals surface area (Å²) in [5.74, 6) is -2.51. The number of unbranched alkanes of at least 4 members (excludes halogenated alkanes) is 5. The minimum atomic E-state index is -1.47. The maximum Gasteiger partial charge on any atom is 0.364 e. The number of hydrogen-bond acceptors (Lipinski definition) is 1. The molecule has 0 saturated heterocycles. The SMILES string of the molecule is [NH3+]CCCCCCC/C=C(\F)C(=O)O. The number of quaternary nitrogens is 1. The average molecular weight is 204 g/mol. The average Bonchev–Trinajstić information content (AvgIpc) is 2.16. The van der Waals surface area contributed by atoms with Crippen molar-refractivity contribution >= 4 is 5.97 Å². The third kappa shape index (κ3) is 7.73. The number of hydrogen-bond donors (Lipinski definition) is 2. The predicted octanol–water partition coefficient (Wildman–Crippen LogP) is 1.51. The molecule has 0 amide bonds. The molecule has 0 spiro atoms. The van der Waals surface area contributed by atoms with Crippen molar-refractivity contribution in [3.05, 3.63) is 11.9 Å². The van der Waals surface area contributed by atoms with E-state index in [1.807, 2.05) is 0 Å². The molecule has 0 heterocycles. The van der Waals surface area contributed by atoms with Crippen LogP contribution in [0, 0.1) is 0 Å². The highest BCUT2D eigenvalue weighted by molar-refractivity contribution is 5.83. The summed E-state index contributed by atoms with van der Waals surface area (Å²) in [6, 6.07) is 0. The molecule has 4 heteroatoms. The molecule has 0 fully saturated rings. The van der Waals surface area contributed by atoms with Crippen molar-refractivity contribution in [2.75, 3.05) is 6.54 Å². The molecule has 0 aliphatic rings. The molecule has 0 aliphatic carbocycles. The molecule has 0 unspecified atom stereocenters. The molecule has 4 N–H and O–H groups in total. The largest absolute Gasteiger partial charge is 0.476 e. The fourth-order valence-electron chi connectivity index (χ4n) is 1.17. The Morgan fingerprint density at radius 1 is 1.21 bits per heavy atom. The molecule has 3 nitrogen and oxygen atoms in total. The minimum Gasteiger partial charge on any atom is -0.476 e. The molecule has 0 aromatic heterocycles. The Labute approximate surface area is 83.8 Å². The molecular formula is C10H19FNO2+. The Morgan fingerprint density at radius 3 is 2.36 bits per heavy atom. The van der Waals surface area contributed by atoms with E-state index >= 15 is 0 Å². The summed E-state index contributed by atoms with van der Waals surface area (Å²) >= 11 is 0. The summed E-state index contributed by atoms with van der Waals surface area (Å²) in [4.78, 5) is 10.1. The molecule has 0 bridgehead atoms. The molecule has 82 valence electrons. The Morgan fingerprint density at radius 2 is 1.79 bits per heavy atom. The first-order chi connectivity index (χ1) is 6.68. The highest BCUT2D eigenvalue weighted by Gasteiger charge is 2.02. The van der Waals surface area contributed by atoms with E-state index in [4.69, 9.17) is 5.11 Å². The van der Waals surface area contributed by atoms with E-state index in [0.717, 1.165) is 44.7 Å². The Kier molecular flexibility index (Phi) is 8.13. The first kappa shape index (κ1) is 13.1. The summed E-state index contributed by atoms with van der Waals surface area (Å²) in [7, 11) is 0. The number of halogens is 1. The lowest BCUT2D eigenvalue weighted by Crippen LogP contribution is -2.50. The van der Waals surface area contributed by atoms with Crippen LogP contribution in [0.3, 0.4) is 0 Å². The van der Waals surface area contributed by atoms with E-state index in [1.54, 1.807) is 0 Å². The van der Waals surface area contributed by atoms with Gasteiger partial charge in [0.05, 0.1) is 6.54 Å². The van der Waals surface area contributed by atoms with E-state index in [9.17, 15) is 9.18 Å². The predicted molar refractivity (Wildman–Crippen MR) is 52.3 cm³/mol.